The van der Waals surface area contributed by atoms with Crippen molar-refractivity contribution in [2.75, 3.05) is 0 Å². The van der Waals surface area contributed by atoms with Crippen LogP contribution >= 0.6 is 27.3 Å². The third-order valence-electron chi connectivity index (χ3n) is 3.01. The molecule has 0 bridgehead atoms. The second-order valence-corrected chi connectivity index (χ2v) is 7.09. The van der Waals surface area contributed by atoms with Gasteiger partial charge in [-0.1, -0.05) is 13.8 Å². The number of hydrogen-bond acceptors (Lipinski definition) is 2. The van der Waals surface area contributed by atoms with Gasteiger partial charge in [-0.05, 0) is 46.8 Å². The van der Waals surface area contributed by atoms with Crippen LogP contribution in [0.1, 0.15) is 37.5 Å². The third-order valence-corrected chi connectivity index (χ3v) is 4.72. The maximum atomic E-state index is 6.32. The van der Waals surface area contributed by atoms with E-state index >= 15 is 0 Å². The van der Waals surface area contributed by atoms with Crippen molar-refractivity contribution in [3.05, 3.63) is 20.8 Å². The van der Waals surface area contributed by atoms with E-state index in [1.807, 2.05) is 11.3 Å². The molecule has 1 unspecified atom stereocenters. The van der Waals surface area contributed by atoms with Gasteiger partial charge in [0.15, 0.2) is 0 Å². The van der Waals surface area contributed by atoms with Crippen LogP contribution in [0, 0.1) is 5.92 Å². The van der Waals surface area contributed by atoms with Gasteiger partial charge in [-0.15, -0.1) is 11.3 Å². The Balaban J connectivity index is 2.27. The molecular formula is C11H16BrNS. The number of halogens is 1. The molecule has 14 heavy (non-hydrogen) atoms. The van der Waals surface area contributed by atoms with E-state index in [-0.39, 0.29) is 5.54 Å². The summed E-state index contributed by atoms with van der Waals surface area (Å²) in [5.41, 5.74) is 6.42. The van der Waals surface area contributed by atoms with E-state index in [1.54, 1.807) is 0 Å². The highest BCUT2D eigenvalue weighted by atomic mass is 79.9. The van der Waals surface area contributed by atoms with Gasteiger partial charge in [0.25, 0.3) is 0 Å². The standard InChI is InChI=1S/C11H16BrNS/c1-7(2)10(11(13)5-6-11)8-3-4-9(12)14-8/h3-4,7,10H,5-6,13H2,1-2H3. The quantitative estimate of drug-likeness (QED) is 0.892. The summed E-state index contributed by atoms with van der Waals surface area (Å²) in [7, 11) is 0. The molecule has 1 nitrogen and oxygen atoms in total. The van der Waals surface area contributed by atoms with Gasteiger partial charge in [-0.3, -0.25) is 0 Å². The van der Waals surface area contributed by atoms with Crippen molar-refractivity contribution in [1.82, 2.24) is 0 Å². The third kappa shape index (κ3) is 1.90. The molecule has 1 heterocycles. The summed E-state index contributed by atoms with van der Waals surface area (Å²) in [5.74, 6) is 1.17. The molecule has 1 aromatic heterocycles. The number of nitrogens with two attached hydrogens (primary N) is 1. The number of hydrogen-bond donors (Lipinski definition) is 1. The summed E-state index contributed by atoms with van der Waals surface area (Å²) in [6.07, 6.45) is 2.37. The van der Waals surface area contributed by atoms with E-state index in [0.29, 0.717) is 11.8 Å². The smallest absolute Gasteiger partial charge is 0.0701 e. The normalized spacial score (nSPS) is 21.2. The summed E-state index contributed by atoms with van der Waals surface area (Å²) in [4.78, 5) is 1.44. The van der Waals surface area contributed by atoms with Crippen LogP contribution in [0.25, 0.3) is 0 Å². The molecule has 1 aliphatic rings. The van der Waals surface area contributed by atoms with Crippen LogP contribution in [0.5, 0.6) is 0 Å². The molecule has 1 aliphatic carbocycles. The first-order chi connectivity index (χ1) is 6.53. The average molecular weight is 274 g/mol. The molecule has 0 saturated heterocycles. The first-order valence-electron chi connectivity index (χ1n) is 5.07. The van der Waals surface area contributed by atoms with Gasteiger partial charge in [0.05, 0.1) is 3.79 Å². The Labute approximate surface area is 97.8 Å². The maximum absolute atomic E-state index is 6.32. The Hall–Kier alpha value is 0.140. The zero-order chi connectivity index (χ0) is 10.3. The SMILES string of the molecule is CC(C)C(c1ccc(Br)s1)C1(N)CC1. The van der Waals surface area contributed by atoms with Crippen molar-refractivity contribution in [1.29, 1.82) is 0 Å². The minimum atomic E-state index is 0.0957. The maximum Gasteiger partial charge on any atom is 0.0701 e. The lowest BCUT2D eigenvalue weighted by Gasteiger charge is -2.26. The van der Waals surface area contributed by atoms with Gasteiger partial charge in [0.1, 0.15) is 0 Å². The topological polar surface area (TPSA) is 26.0 Å². The van der Waals surface area contributed by atoms with Crippen molar-refractivity contribution < 1.29 is 0 Å². The number of thiophene rings is 1. The summed E-state index contributed by atoms with van der Waals surface area (Å²) in [6.45, 7) is 4.54. The van der Waals surface area contributed by atoms with Crippen LogP contribution in [-0.4, -0.2) is 5.54 Å². The molecule has 1 aromatic rings. The Morgan fingerprint density at radius 1 is 1.43 bits per heavy atom. The van der Waals surface area contributed by atoms with Crippen LogP contribution in [-0.2, 0) is 0 Å². The Morgan fingerprint density at radius 2 is 2.07 bits per heavy atom. The second kappa shape index (κ2) is 3.62. The van der Waals surface area contributed by atoms with Gasteiger partial charge in [0, 0.05) is 16.3 Å². The molecule has 0 radical (unpaired) electrons. The van der Waals surface area contributed by atoms with Crippen LogP contribution in [0.3, 0.4) is 0 Å². The molecule has 1 atom stereocenters. The summed E-state index contributed by atoms with van der Waals surface area (Å²) < 4.78 is 1.21. The summed E-state index contributed by atoms with van der Waals surface area (Å²) in [5, 5.41) is 0. The lowest BCUT2D eigenvalue weighted by molar-refractivity contribution is 0.408. The number of rotatable bonds is 3. The minimum Gasteiger partial charge on any atom is -0.325 e. The Bertz CT molecular complexity index is 328. The molecule has 0 amide bonds. The zero-order valence-corrected chi connectivity index (χ0v) is 11.0. The van der Waals surface area contributed by atoms with Gasteiger partial charge >= 0.3 is 0 Å². The van der Waals surface area contributed by atoms with Gasteiger partial charge in [0.2, 0.25) is 0 Å². The molecule has 1 saturated carbocycles. The predicted octanol–water partition coefficient (Wildman–Crippen LogP) is 3.74. The van der Waals surface area contributed by atoms with Crippen molar-refractivity contribution in [3.8, 4) is 0 Å². The summed E-state index contributed by atoms with van der Waals surface area (Å²) in [6, 6.07) is 4.34. The summed E-state index contributed by atoms with van der Waals surface area (Å²) >= 11 is 5.34. The van der Waals surface area contributed by atoms with Crippen LogP contribution in [0.2, 0.25) is 0 Å². The minimum absolute atomic E-state index is 0.0957. The fourth-order valence-electron chi connectivity index (χ4n) is 2.23. The van der Waals surface area contributed by atoms with Crippen molar-refractivity contribution in [3.63, 3.8) is 0 Å². The van der Waals surface area contributed by atoms with Gasteiger partial charge in [-0.25, -0.2) is 0 Å². The molecule has 0 aromatic carbocycles. The van der Waals surface area contributed by atoms with E-state index in [4.69, 9.17) is 5.73 Å². The van der Waals surface area contributed by atoms with Crippen molar-refractivity contribution in [2.24, 2.45) is 11.7 Å². The average Bonchev–Trinajstić information content (AvgIpc) is 2.65. The molecule has 2 rings (SSSR count). The van der Waals surface area contributed by atoms with E-state index in [2.05, 4.69) is 41.9 Å². The van der Waals surface area contributed by atoms with Crippen LogP contribution in [0.15, 0.2) is 15.9 Å². The first-order valence-corrected chi connectivity index (χ1v) is 6.68. The van der Waals surface area contributed by atoms with Gasteiger partial charge < -0.3 is 5.73 Å². The highest BCUT2D eigenvalue weighted by molar-refractivity contribution is 9.11. The zero-order valence-electron chi connectivity index (χ0n) is 8.59. The fraction of sp³-hybridized carbons (Fsp3) is 0.636. The molecular weight excluding hydrogens is 258 g/mol. The van der Waals surface area contributed by atoms with Gasteiger partial charge in [-0.2, -0.15) is 0 Å². The molecule has 78 valence electrons. The molecule has 0 aliphatic heterocycles. The van der Waals surface area contributed by atoms with E-state index in [0.717, 1.165) is 0 Å². The van der Waals surface area contributed by atoms with E-state index < -0.39 is 0 Å². The highest BCUT2D eigenvalue weighted by Gasteiger charge is 2.47. The second-order valence-electron chi connectivity index (χ2n) is 4.60. The fourth-order valence-corrected chi connectivity index (χ4v) is 4.05. The van der Waals surface area contributed by atoms with Crippen LogP contribution in [0.4, 0.5) is 0 Å². The Kier molecular flexibility index (Phi) is 2.75. The van der Waals surface area contributed by atoms with E-state index in [1.165, 1.54) is 21.5 Å². The lowest BCUT2D eigenvalue weighted by Crippen LogP contribution is -2.33. The molecule has 1 fully saturated rings. The van der Waals surface area contributed by atoms with Crippen LogP contribution < -0.4 is 5.73 Å². The monoisotopic (exact) mass is 273 g/mol. The largest absolute Gasteiger partial charge is 0.325 e. The molecule has 3 heteroatoms. The Morgan fingerprint density at radius 3 is 2.43 bits per heavy atom. The van der Waals surface area contributed by atoms with E-state index in [9.17, 15) is 0 Å². The van der Waals surface area contributed by atoms with Crippen molar-refractivity contribution >= 4 is 27.3 Å². The molecule has 2 N–H and O–H groups in total. The highest BCUT2D eigenvalue weighted by Crippen LogP contribution is 2.50. The predicted molar refractivity (Wildman–Crippen MR) is 65.8 cm³/mol. The molecule has 0 spiro atoms. The van der Waals surface area contributed by atoms with Crippen molar-refractivity contribution in [2.45, 2.75) is 38.1 Å². The first kappa shape index (κ1) is 10.7. The lowest BCUT2D eigenvalue weighted by atomic mass is 9.85.